The second kappa shape index (κ2) is 7.20. The van der Waals surface area contributed by atoms with E-state index in [-0.39, 0.29) is 0 Å². The lowest BCUT2D eigenvalue weighted by Crippen LogP contribution is -2.36. The van der Waals surface area contributed by atoms with Crippen molar-refractivity contribution in [3.63, 3.8) is 0 Å². The maximum atomic E-state index is 5.61. The van der Waals surface area contributed by atoms with Crippen molar-refractivity contribution in [3.8, 4) is 0 Å². The van der Waals surface area contributed by atoms with Gasteiger partial charge in [-0.1, -0.05) is 13.8 Å². The number of rotatable bonds is 5. The molecule has 15 heavy (non-hydrogen) atoms. The summed E-state index contributed by atoms with van der Waals surface area (Å²) in [7, 11) is 0. The van der Waals surface area contributed by atoms with Gasteiger partial charge in [0, 0.05) is 19.1 Å². The minimum atomic E-state index is 0.802. The van der Waals surface area contributed by atoms with Crippen molar-refractivity contribution in [1.82, 2.24) is 9.80 Å². The number of nitrogens with zero attached hydrogens (tertiary/aromatic N) is 2. The van der Waals surface area contributed by atoms with Crippen LogP contribution in [0.1, 0.15) is 33.1 Å². The van der Waals surface area contributed by atoms with E-state index in [2.05, 4.69) is 23.6 Å². The number of likely N-dealkylation sites (tertiary alicyclic amines) is 1. The van der Waals surface area contributed by atoms with Gasteiger partial charge >= 0.3 is 0 Å². The lowest BCUT2D eigenvalue weighted by Gasteiger charge is -2.28. The summed E-state index contributed by atoms with van der Waals surface area (Å²) in [5, 5.41) is 0. The van der Waals surface area contributed by atoms with Gasteiger partial charge in [0.2, 0.25) is 0 Å². The summed E-state index contributed by atoms with van der Waals surface area (Å²) in [6.45, 7) is 11.3. The Morgan fingerprint density at radius 3 is 2.53 bits per heavy atom. The second-order valence-corrected chi connectivity index (χ2v) is 4.44. The molecule has 0 bridgehead atoms. The van der Waals surface area contributed by atoms with Crippen LogP contribution in [0.5, 0.6) is 0 Å². The van der Waals surface area contributed by atoms with Crippen LogP contribution in [0.15, 0.2) is 0 Å². The van der Waals surface area contributed by atoms with Crippen molar-refractivity contribution in [2.75, 3.05) is 39.3 Å². The third-order valence-corrected chi connectivity index (χ3v) is 3.56. The van der Waals surface area contributed by atoms with E-state index in [0.717, 1.165) is 19.1 Å². The fourth-order valence-electron chi connectivity index (χ4n) is 2.65. The molecule has 3 heteroatoms. The van der Waals surface area contributed by atoms with Crippen LogP contribution in [0.3, 0.4) is 0 Å². The highest BCUT2D eigenvalue weighted by Gasteiger charge is 2.20. The fourth-order valence-corrected chi connectivity index (χ4v) is 2.65. The zero-order valence-electron chi connectivity index (χ0n) is 10.4. The Bertz CT molecular complexity index is 157. The Morgan fingerprint density at radius 1 is 1.20 bits per heavy atom. The van der Waals surface area contributed by atoms with Crippen molar-refractivity contribution in [2.24, 2.45) is 5.73 Å². The van der Waals surface area contributed by atoms with Gasteiger partial charge in [0.25, 0.3) is 0 Å². The molecule has 1 heterocycles. The highest BCUT2D eigenvalue weighted by atomic mass is 15.2. The quantitative estimate of drug-likeness (QED) is 0.743. The van der Waals surface area contributed by atoms with Gasteiger partial charge in [0.05, 0.1) is 0 Å². The van der Waals surface area contributed by atoms with Gasteiger partial charge in [-0.25, -0.2) is 0 Å². The summed E-state index contributed by atoms with van der Waals surface area (Å²) >= 11 is 0. The molecule has 1 fully saturated rings. The molecule has 1 atom stereocenters. The molecule has 1 aliphatic rings. The molecule has 0 radical (unpaired) electrons. The van der Waals surface area contributed by atoms with Crippen LogP contribution in [0.4, 0.5) is 0 Å². The molecule has 0 aromatic heterocycles. The Balaban J connectivity index is 2.37. The SMILES string of the molecule is CCN(CC)C1CCCN(CCN)CC1. The highest BCUT2D eigenvalue weighted by molar-refractivity contribution is 4.76. The van der Waals surface area contributed by atoms with E-state index >= 15 is 0 Å². The number of nitrogens with two attached hydrogens (primary N) is 1. The molecule has 0 aromatic carbocycles. The smallest absolute Gasteiger partial charge is 0.0108 e. The number of hydrogen-bond acceptors (Lipinski definition) is 3. The molecule has 0 spiro atoms. The first kappa shape index (κ1) is 12.9. The molecule has 1 saturated heterocycles. The third-order valence-electron chi connectivity index (χ3n) is 3.56. The van der Waals surface area contributed by atoms with E-state index < -0.39 is 0 Å². The van der Waals surface area contributed by atoms with Crippen molar-refractivity contribution >= 4 is 0 Å². The molecule has 0 saturated carbocycles. The average Bonchev–Trinajstić information content (AvgIpc) is 2.47. The van der Waals surface area contributed by atoms with Gasteiger partial charge in [-0.15, -0.1) is 0 Å². The Kier molecular flexibility index (Phi) is 6.22. The van der Waals surface area contributed by atoms with Crippen LogP contribution in [-0.2, 0) is 0 Å². The Hall–Kier alpha value is -0.120. The van der Waals surface area contributed by atoms with Crippen LogP contribution in [0.2, 0.25) is 0 Å². The fraction of sp³-hybridized carbons (Fsp3) is 1.00. The van der Waals surface area contributed by atoms with E-state index in [1.807, 2.05) is 0 Å². The number of hydrogen-bond donors (Lipinski definition) is 1. The summed E-state index contributed by atoms with van der Waals surface area (Å²) in [5.74, 6) is 0. The Labute approximate surface area is 94.6 Å². The molecule has 0 aromatic rings. The van der Waals surface area contributed by atoms with Gasteiger partial charge in [0.1, 0.15) is 0 Å². The van der Waals surface area contributed by atoms with Crippen molar-refractivity contribution in [3.05, 3.63) is 0 Å². The van der Waals surface area contributed by atoms with E-state index in [0.29, 0.717) is 0 Å². The van der Waals surface area contributed by atoms with Crippen LogP contribution in [0, 0.1) is 0 Å². The third kappa shape index (κ3) is 4.09. The minimum Gasteiger partial charge on any atom is -0.329 e. The zero-order chi connectivity index (χ0) is 11.1. The predicted octanol–water partition coefficient (Wildman–Crippen LogP) is 1.14. The van der Waals surface area contributed by atoms with Gasteiger partial charge in [0.15, 0.2) is 0 Å². The molecular weight excluding hydrogens is 186 g/mol. The molecule has 2 N–H and O–H groups in total. The summed E-state index contributed by atoms with van der Waals surface area (Å²) in [6.07, 6.45) is 4.02. The summed E-state index contributed by atoms with van der Waals surface area (Å²) in [6, 6.07) is 0.808. The van der Waals surface area contributed by atoms with Crippen LogP contribution < -0.4 is 5.73 Å². The lowest BCUT2D eigenvalue weighted by atomic mass is 10.1. The largest absolute Gasteiger partial charge is 0.329 e. The topological polar surface area (TPSA) is 32.5 Å². The van der Waals surface area contributed by atoms with E-state index in [9.17, 15) is 0 Å². The van der Waals surface area contributed by atoms with Crippen LogP contribution in [-0.4, -0.2) is 55.1 Å². The van der Waals surface area contributed by atoms with Crippen molar-refractivity contribution < 1.29 is 0 Å². The van der Waals surface area contributed by atoms with Crippen molar-refractivity contribution in [2.45, 2.75) is 39.2 Å². The molecule has 3 nitrogen and oxygen atoms in total. The molecular formula is C12H27N3. The minimum absolute atomic E-state index is 0.802. The van der Waals surface area contributed by atoms with E-state index in [1.165, 1.54) is 45.4 Å². The van der Waals surface area contributed by atoms with Crippen molar-refractivity contribution in [1.29, 1.82) is 0 Å². The molecule has 1 unspecified atom stereocenters. The molecule has 0 aliphatic carbocycles. The molecule has 1 aliphatic heterocycles. The molecule has 0 amide bonds. The first-order chi connectivity index (χ1) is 7.31. The highest BCUT2D eigenvalue weighted by Crippen LogP contribution is 2.16. The van der Waals surface area contributed by atoms with E-state index in [4.69, 9.17) is 5.73 Å². The molecule has 1 rings (SSSR count). The maximum absolute atomic E-state index is 5.61. The Morgan fingerprint density at radius 2 is 1.93 bits per heavy atom. The normalized spacial score (nSPS) is 24.4. The van der Waals surface area contributed by atoms with Gasteiger partial charge in [-0.2, -0.15) is 0 Å². The average molecular weight is 213 g/mol. The predicted molar refractivity (Wildman–Crippen MR) is 66.1 cm³/mol. The first-order valence-corrected chi connectivity index (χ1v) is 6.48. The zero-order valence-corrected chi connectivity index (χ0v) is 10.4. The summed E-state index contributed by atoms with van der Waals surface area (Å²) in [5.41, 5.74) is 5.61. The van der Waals surface area contributed by atoms with Gasteiger partial charge in [-0.05, 0) is 45.4 Å². The van der Waals surface area contributed by atoms with Gasteiger partial charge < -0.3 is 15.5 Å². The standard InChI is InChI=1S/C12H27N3/c1-3-15(4-2)12-6-5-9-14(10-7-12)11-8-13/h12H,3-11,13H2,1-2H3. The first-order valence-electron chi connectivity index (χ1n) is 6.48. The van der Waals surface area contributed by atoms with E-state index in [1.54, 1.807) is 0 Å². The summed E-state index contributed by atoms with van der Waals surface area (Å²) < 4.78 is 0. The summed E-state index contributed by atoms with van der Waals surface area (Å²) in [4.78, 5) is 5.12. The lowest BCUT2D eigenvalue weighted by molar-refractivity contribution is 0.194. The maximum Gasteiger partial charge on any atom is 0.0108 e. The van der Waals surface area contributed by atoms with Crippen LogP contribution in [0.25, 0.3) is 0 Å². The molecule has 90 valence electrons. The van der Waals surface area contributed by atoms with Crippen LogP contribution >= 0.6 is 0 Å². The van der Waals surface area contributed by atoms with Gasteiger partial charge in [-0.3, -0.25) is 0 Å². The second-order valence-electron chi connectivity index (χ2n) is 4.44. The monoisotopic (exact) mass is 213 g/mol.